The number of amides is 2. The first-order valence-corrected chi connectivity index (χ1v) is 9.09. The van der Waals surface area contributed by atoms with Crippen molar-refractivity contribution in [2.45, 2.75) is 6.92 Å². The molecule has 0 saturated carbocycles. The van der Waals surface area contributed by atoms with Crippen molar-refractivity contribution < 1.29 is 9.59 Å². The zero-order chi connectivity index (χ0) is 21.1. The van der Waals surface area contributed by atoms with E-state index in [1.807, 2.05) is 21.0 Å². The van der Waals surface area contributed by atoms with Gasteiger partial charge in [-0.2, -0.15) is 5.10 Å². The van der Waals surface area contributed by atoms with Gasteiger partial charge in [-0.3, -0.25) is 14.4 Å². The molecule has 8 nitrogen and oxygen atoms in total. The lowest BCUT2D eigenvalue weighted by Gasteiger charge is -2.13. The average Bonchev–Trinajstić information content (AvgIpc) is 2.66. The zero-order valence-corrected chi connectivity index (χ0v) is 16.8. The molecule has 0 spiro atoms. The molecule has 1 aromatic heterocycles. The molecule has 0 aliphatic carbocycles. The van der Waals surface area contributed by atoms with Gasteiger partial charge in [-0.15, -0.1) is 0 Å². The lowest BCUT2D eigenvalue weighted by Crippen LogP contribution is -2.27. The van der Waals surface area contributed by atoms with Gasteiger partial charge in [0, 0.05) is 23.8 Å². The maximum Gasteiger partial charge on any atom is 0.276 e. The Morgan fingerprint density at radius 2 is 1.76 bits per heavy atom. The number of aryl methyl sites for hydroxylation is 2. The molecule has 0 aliphatic rings. The number of benzene rings is 2. The second kappa shape index (κ2) is 8.24. The van der Waals surface area contributed by atoms with E-state index in [4.69, 9.17) is 0 Å². The molecular weight excluding hydrogens is 370 g/mol. The fraction of sp³-hybridized carbons (Fsp3) is 0.238. The molecule has 0 fully saturated rings. The Kier molecular flexibility index (Phi) is 5.74. The Morgan fingerprint density at radius 3 is 2.41 bits per heavy atom. The summed E-state index contributed by atoms with van der Waals surface area (Å²) >= 11 is 0. The topological polar surface area (TPSA) is 96.3 Å². The molecule has 2 amide bonds. The Balaban J connectivity index is 1.84. The highest BCUT2D eigenvalue weighted by Crippen LogP contribution is 2.21. The van der Waals surface area contributed by atoms with Crippen molar-refractivity contribution in [3.8, 4) is 0 Å². The predicted molar refractivity (Wildman–Crippen MR) is 113 cm³/mol. The van der Waals surface area contributed by atoms with Crippen molar-refractivity contribution in [1.82, 2.24) is 14.7 Å². The first kappa shape index (κ1) is 20.2. The van der Waals surface area contributed by atoms with E-state index < -0.39 is 5.91 Å². The molecule has 3 aromatic rings. The van der Waals surface area contributed by atoms with Crippen LogP contribution >= 0.6 is 0 Å². The van der Waals surface area contributed by atoms with E-state index in [9.17, 15) is 14.4 Å². The van der Waals surface area contributed by atoms with Crippen molar-refractivity contribution in [1.29, 1.82) is 0 Å². The molecular formula is C21H23N5O3. The second-order valence-corrected chi connectivity index (χ2v) is 7.09. The summed E-state index contributed by atoms with van der Waals surface area (Å²) < 4.78 is 1.16. The Labute approximate surface area is 168 Å². The monoisotopic (exact) mass is 393 g/mol. The second-order valence-electron chi connectivity index (χ2n) is 7.09. The van der Waals surface area contributed by atoms with Crippen molar-refractivity contribution >= 4 is 34.0 Å². The van der Waals surface area contributed by atoms with Crippen LogP contribution < -0.4 is 16.2 Å². The highest BCUT2D eigenvalue weighted by Gasteiger charge is 2.16. The van der Waals surface area contributed by atoms with Crippen LogP contribution in [0.4, 0.5) is 11.4 Å². The van der Waals surface area contributed by atoms with Crippen LogP contribution in [-0.2, 0) is 11.8 Å². The molecule has 0 atom stereocenters. The van der Waals surface area contributed by atoms with E-state index in [0.717, 1.165) is 10.2 Å². The number of hydrogen-bond acceptors (Lipinski definition) is 5. The molecule has 2 aromatic carbocycles. The third kappa shape index (κ3) is 4.49. The van der Waals surface area contributed by atoms with E-state index in [2.05, 4.69) is 15.7 Å². The third-order valence-electron chi connectivity index (χ3n) is 4.39. The fourth-order valence-corrected chi connectivity index (χ4v) is 3.02. The Hall–Kier alpha value is -3.52. The van der Waals surface area contributed by atoms with Crippen LogP contribution in [0.2, 0.25) is 0 Å². The Morgan fingerprint density at radius 1 is 1.07 bits per heavy atom. The average molecular weight is 393 g/mol. The van der Waals surface area contributed by atoms with Gasteiger partial charge >= 0.3 is 0 Å². The Bertz CT molecular complexity index is 1150. The quantitative estimate of drug-likeness (QED) is 0.691. The maximum atomic E-state index is 12.8. The number of likely N-dealkylation sites (N-methyl/N-ethyl adjacent to an activating group) is 1. The first-order valence-electron chi connectivity index (χ1n) is 9.09. The third-order valence-corrected chi connectivity index (χ3v) is 4.39. The molecule has 3 rings (SSSR count). The highest BCUT2D eigenvalue weighted by atomic mass is 16.2. The summed E-state index contributed by atoms with van der Waals surface area (Å²) in [6.07, 6.45) is 0. The number of aromatic nitrogens is 2. The van der Waals surface area contributed by atoms with E-state index in [1.165, 1.54) is 7.05 Å². The minimum atomic E-state index is -0.416. The van der Waals surface area contributed by atoms with E-state index >= 15 is 0 Å². The standard InChI is InChI=1S/C21H23N5O3/c1-13-11-14(9-10-17(13)23-18(27)12-25(2)3)22-20(28)19-15-7-5-6-8-16(15)21(29)26(4)24-19/h5-11H,12H2,1-4H3,(H,22,28)(H,23,27). The van der Waals surface area contributed by atoms with Crippen LogP contribution in [0.25, 0.3) is 10.8 Å². The number of rotatable bonds is 5. The molecule has 0 aliphatic heterocycles. The number of fused-ring (bicyclic) bond motifs is 1. The van der Waals surface area contributed by atoms with Crippen LogP contribution in [0, 0.1) is 6.92 Å². The van der Waals surface area contributed by atoms with Crippen LogP contribution in [0.1, 0.15) is 16.1 Å². The summed E-state index contributed by atoms with van der Waals surface area (Å²) in [6.45, 7) is 2.13. The smallest absolute Gasteiger partial charge is 0.276 e. The number of carbonyl (C=O) groups excluding carboxylic acids is 2. The molecule has 0 unspecified atom stereocenters. The van der Waals surface area contributed by atoms with Crippen LogP contribution in [0.5, 0.6) is 0 Å². The molecule has 0 bridgehead atoms. The van der Waals surface area contributed by atoms with Gasteiger partial charge in [-0.25, -0.2) is 4.68 Å². The van der Waals surface area contributed by atoms with Gasteiger partial charge in [-0.05, 0) is 50.8 Å². The summed E-state index contributed by atoms with van der Waals surface area (Å²) in [5.41, 5.74) is 1.97. The van der Waals surface area contributed by atoms with Crippen molar-refractivity contribution in [2.75, 3.05) is 31.3 Å². The predicted octanol–water partition coefficient (Wildman–Crippen LogP) is 1.99. The number of carbonyl (C=O) groups is 2. The number of nitrogens with zero attached hydrogens (tertiary/aromatic N) is 3. The minimum absolute atomic E-state index is 0.115. The summed E-state index contributed by atoms with van der Waals surface area (Å²) in [5.74, 6) is -0.531. The van der Waals surface area contributed by atoms with Gasteiger partial charge in [0.2, 0.25) is 5.91 Å². The van der Waals surface area contributed by atoms with E-state index in [-0.39, 0.29) is 23.7 Å². The minimum Gasteiger partial charge on any atom is -0.325 e. The molecule has 29 heavy (non-hydrogen) atoms. The van der Waals surface area contributed by atoms with Gasteiger partial charge in [0.05, 0.1) is 11.9 Å². The molecule has 0 saturated heterocycles. The van der Waals surface area contributed by atoms with E-state index in [0.29, 0.717) is 22.1 Å². The lowest BCUT2D eigenvalue weighted by molar-refractivity contribution is -0.116. The maximum absolute atomic E-state index is 12.8. The van der Waals surface area contributed by atoms with Crippen molar-refractivity contribution in [2.24, 2.45) is 7.05 Å². The summed E-state index contributed by atoms with van der Waals surface area (Å²) in [5, 5.41) is 10.7. The zero-order valence-electron chi connectivity index (χ0n) is 16.8. The molecule has 0 radical (unpaired) electrons. The highest BCUT2D eigenvalue weighted by molar-refractivity contribution is 6.11. The first-order chi connectivity index (χ1) is 13.8. The lowest BCUT2D eigenvalue weighted by atomic mass is 10.1. The summed E-state index contributed by atoms with van der Waals surface area (Å²) in [7, 11) is 5.16. The van der Waals surface area contributed by atoms with Gasteiger partial charge in [0.1, 0.15) is 0 Å². The van der Waals surface area contributed by atoms with Crippen LogP contribution in [-0.4, -0.2) is 47.1 Å². The number of hydrogen-bond donors (Lipinski definition) is 2. The summed E-state index contributed by atoms with van der Waals surface area (Å²) in [4.78, 5) is 38.8. The SMILES string of the molecule is Cc1cc(NC(=O)c2nn(C)c(=O)c3ccccc23)ccc1NC(=O)CN(C)C. The summed E-state index contributed by atoms with van der Waals surface area (Å²) in [6, 6.07) is 12.1. The number of anilines is 2. The molecule has 2 N–H and O–H groups in total. The number of nitrogens with one attached hydrogen (secondary N) is 2. The van der Waals surface area contributed by atoms with Crippen LogP contribution in [0.15, 0.2) is 47.3 Å². The molecule has 8 heteroatoms. The normalized spacial score (nSPS) is 10.9. The van der Waals surface area contributed by atoms with Crippen LogP contribution in [0.3, 0.4) is 0 Å². The van der Waals surface area contributed by atoms with Gasteiger partial charge in [-0.1, -0.05) is 18.2 Å². The van der Waals surface area contributed by atoms with E-state index in [1.54, 1.807) is 47.4 Å². The molecule has 150 valence electrons. The van der Waals surface area contributed by atoms with Gasteiger partial charge in [0.25, 0.3) is 11.5 Å². The largest absolute Gasteiger partial charge is 0.325 e. The van der Waals surface area contributed by atoms with Gasteiger partial charge < -0.3 is 15.5 Å². The fourth-order valence-electron chi connectivity index (χ4n) is 3.02. The van der Waals surface area contributed by atoms with Crippen molar-refractivity contribution in [3.05, 3.63) is 64.1 Å². The van der Waals surface area contributed by atoms with Crippen molar-refractivity contribution in [3.63, 3.8) is 0 Å². The van der Waals surface area contributed by atoms with Gasteiger partial charge in [0.15, 0.2) is 5.69 Å². The molecule has 1 heterocycles.